The Bertz CT molecular complexity index is 1390. The number of benzene rings is 3. The molecule has 0 fully saturated rings. The Morgan fingerprint density at radius 2 is 1.81 bits per heavy atom. The number of hydrogen-bond donors (Lipinski definition) is 2. The number of hydrogen-bond acceptors (Lipinski definition) is 6. The molecule has 1 atom stereocenters. The van der Waals surface area contributed by atoms with Gasteiger partial charge in [-0.2, -0.15) is 0 Å². The molecule has 3 aromatic rings. The number of carbonyl (C=O) groups is 2. The van der Waals surface area contributed by atoms with Crippen LogP contribution in [0.5, 0.6) is 0 Å². The first-order valence-electron chi connectivity index (χ1n) is 11.2. The number of nitro groups is 1. The molecule has 1 aliphatic heterocycles. The van der Waals surface area contributed by atoms with Gasteiger partial charge in [0.05, 0.1) is 10.5 Å². The number of cyclic esters (lactones) is 1. The number of anilines is 1. The molecule has 1 heterocycles. The Kier molecular flexibility index (Phi) is 6.60. The number of aliphatic hydroxyl groups is 1. The summed E-state index contributed by atoms with van der Waals surface area (Å²) in [5, 5.41) is 25.2. The number of amides is 1. The second-order valence-corrected chi connectivity index (χ2v) is 9.24. The van der Waals surface area contributed by atoms with Crippen LogP contribution in [0.4, 0.5) is 11.4 Å². The minimum Gasteiger partial charge on any atom is -0.457 e. The summed E-state index contributed by atoms with van der Waals surface area (Å²) in [6, 6.07) is 19.8. The van der Waals surface area contributed by atoms with Gasteiger partial charge in [-0.15, -0.1) is 0 Å². The smallest absolute Gasteiger partial charge is 0.338 e. The summed E-state index contributed by atoms with van der Waals surface area (Å²) in [7, 11) is 0. The van der Waals surface area contributed by atoms with Crippen molar-refractivity contribution < 1.29 is 24.4 Å². The first-order valence-corrected chi connectivity index (χ1v) is 11.2. The average Bonchev–Trinajstić information content (AvgIpc) is 3.23. The van der Waals surface area contributed by atoms with Crippen LogP contribution in [0, 0.1) is 22.0 Å². The number of nitrogens with one attached hydrogen (secondary N) is 1. The van der Waals surface area contributed by atoms with Gasteiger partial charge >= 0.3 is 5.97 Å². The van der Waals surface area contributed by atoms with Crippen molar-refractivity contribution in [2.24, 2.45) is 0 Å². The summed E-state index contributed by atoms with van der Waals surface area (Å²) in [4.78, 5) is 35.6. The summed E-state index contributed by atoms with van der Waals surface area (Å²) >= 11 is 0. The predicted molar refractivity (Wildman–Crippen MR) is 133 cm³/mol. The quantitative estimate of drug-likeness (QED) is 0.232. The third kappa shape index (κ3) is 5.27. The number of rotatable bonds is 6. The van der Waals surface area contributed by atoms with E-state index in [1.54, 1.807) is 18.2 Å². The monoisotopic (exact) mass is 484 g/mol. The predicted octanol–water partition coefficient (Wildman–Crippen LogP) is 4.35. The number of nitro benzene ring substituents is 1. The van der Waals surface area contributed by atoms with Gasteiger partial charge in [0.2, 0.25) is 5.60 Å². The molecular formula is C28H24N2O6. The van der Waals surface area contributed by atoms with E-state index in [1.165, 1.54) is 24.3 Å². The van der Waals surface area contributed by atoms with Crippen LogP contribution in [-0.2, 0) is 21.6 Å². The Balaban J connectivity index is 1.66. The number of ether oxygens (including phenoxy) is 1. The third-order valence-electron chi connectivity index (χ3n) is 6.06. The first-order chi connectivity index (χ1) is 17.1. The van der Waals surface area contributed by atoms with Gasteiger partial charge in [0.15, 0.2) is 0 Å². The van der Waals surface area contributed by atoms with Crippen molar-refractivity contribution in [2.75, 3.05) is 5.32 Å². The van der Waals surface area contributed by atoms with Gasteiger partial charge in [0.25, 0.3) is 11.6 Å². The van der Waals surface area contributed by atoms with Crippen LogP contribution in [-0.4, -0.2) is 27.5 Å². The molecule has 36 heavy (non-hydrogen) atoms. The van der Waals surface area contributed by atoms with Crippen LogP contribution in [0.25, 0.3) is 0 Å². The highest BCUT2D eigenvalue weighted by Crippen LogP contribution is 2.33. The maximum absolute atomic E-state index is 13.4. The van der Waals surface area contributed by atoms with Gasteiger partial charge in [-0.05, 0) is 41.3 Å². The molecule has 0 radical (unpaired) electrons. The van der Waals surface area contributed by atoms with E-state index in [-0.39, 0.29) is 18.7 Å². The lowest BCUT2D eigenvalue weighted by Crippen LogP contribution is -2.46. The fraction of sp³-hybridized carbons (Fsp3) is 0.214. The summed E-state index contributed by atoms with van der Waals surface area (Å²) < 4.78 is 5.01. The summed E-state index contributed by atoms with van der Waals surface area (Å²) in [5.41, 5.74) is -0.0151. The lowest BCUT2D eigenvalue weighted by atomic mass is 9.75. The van der Waals surface area contributed by atoms with E-state index in [0.29, 0.717) is 22.4 Å². The number of carbonyl (C=O) groups excluding carboxylic acids is 2. The van der Waals surface area contributed by atoms with Crippen molar-refractivity contribution >= 4 is 23.3 Å². The first kappa shape index (κ1) is 24.6. The van der Waals surface area contributed by atoms with E-state index < -0.39 is 27.8 Å². The maximum Gasteiger partial charge on any atom is 0.338 e. The average molecular weight is 485 g/mol. The van der Waals surface area contributed by atoms with Crippen molar-refractivity contribution in [3.8, 4) is 11.8 Å². The van der Waals surface area contributed by atoms with E-state index in [1.807, 2.05) is 44.2 Å². The lowest BCUT2D eigenvalue weighted by molar-refractivity contribution is -0.384. The Labute approximate surface area is 208 Å². The molecular weight excluding hydrogens is 460 g/mol. The number of esters is 1. The minimum atomic E-state index is -2.10. The van der Waals surface area contributed by atoms with Crippen molar-refractivity contribution in [3.63, 3.8) is 0 Å². The lowest BCUT2D eigenvalue weighted by Gasteiger charge is -2.32. The molecule has 1 unspecified atom stereocenters. The second-order valence-electron chi connectivity index (χ2n) is 9.24. The van der Waals surface area contributed by atoms with Crippen molar-refractivity contribution in [3.05, 3.63) is 105 Å². The fourth-order valence-corrected chi connectivity index (χ4v) is 4.10. The maximum atomic E-state index is 13.4. The molecule has 4 rings (SSSR count). The molecule has 0 bridgehead atoms. The molecule has 0 spiro atoms. The van der Waals surface area contributed by atoms with Gasteiger partial charge in [0, 0.05) is 35.4 Å². The van der Waals surface area contributed by atoms with Crippen LogP contribution >= 0.6 is 0 Å². The number of fused-ring (bicyclic) bond motifs is 1. The molecule has 182 valence electrons. The Morgan fingerprint density at radius 1 is 1.11 bits per heavy atom. The Hall–Kier alpha value is -4.48. The highest BCUT2D eigenvalue weighted by molar-refractivity contribution is 6.01. The standard InChI is InChI=1S/C28H24N2O6/c1-27(2,21-6-4-3-5-7-21)18-28(33,15-14-19-8-11-23(12-9-19)30(34)35)26(32)29-22-10-13-24-20(16-22)17-36-25(24)31/h3-13,16,33H,17-18H2,1-2H3,(H,29,32). The normalized spacial score (nSPS) is 14.0. The van der Waals surface area contributed by atoms with Crippen LogP contribution in [0.1, 0.15) is 47.3 Å². The zero-order valence-corrected chi connectivity index (χ0v) is 19.8. The molecule has 0 saturated carbocycles. The van der Waals surface area contributed by atoms with Crippen LogP contribution in [0.15, 0.2) is 72.8 Å². The third-order valence-corrected chi connectivity index (χ3v) is 6.06. The van der Waals surface area contributed by atoms with Gasteiger partial charge < -0.3 is 15.2 Å². The van der Waals surface area contributed by atoms with Gasteiger partial charge in [-0.3, -0.25) is 14.9 Å². The molecule has 8 nitrogen and oxygen atoms in total. The second kappa shape index (κ2) is 9.64. The molecule has 0 aliphatic carbocycles. The highest BCUT2D eigenvalue weighted by Gasteiger charge is 2.41. The Morgan fingerprint density at radius 3 is 2.47 bits per heavy atom. The SMILES string of the molecule is CC(C)(CC(O)(C#Cc1ccc([N+](=O)[O-])cc1)C(=O)Nc1ccc2c(c1)COC2=O)c1ccccc1. The molecule has 3 aromatic carbocycles. The molecule has 1 aliphatic rings. The molecule has 0 aromatic heterocycles. The van der Waals surface area contributed by atoms with E-state index in [2.05, 4.69) is 17.2 Å². The van der Waals surface area contributed by atoms with Gasteiger partial charge in [-0.25, -0.2) is 4.79 Å². The van der Waals surface area contributed by atoms with Gasteiger partial charge in [-0.1, -0.05) is 56.0 Å². The van der Waals surface area contributed by atoms with Gasteiger partial charge in [0.1, 0.15) is 6.61 Å². The zero-order chi connectivity index (χ0) is 25.9. The summed E-state index contributed by atoms with van der Waals surface area (Å²) in [6.45, 7) is 3.93. The largest absolute Gasteiger partial charge is 0.457 e. The van der Waals surface area contributed by atoms with Crippen LogP contribution in [0.2, 0.25) is 0 Å². The molecule has 8 heteroatoms. The summed E-state index contributed by atoms with van der Waals surface area (Å²) in [6.07, 6.45) is -0.0254. The number of nitrogens with zero attached hydrogens (tertiary/aromatic N) is 1. The molecule has 1 amide bonds. The zero-order valence-electron chi connectivity index (χ0n) is 19.8. The topological polar surface area (TPSA) is 119 Å². The van der Waals surface area contributed by atoms with E-state index in [4.69, 9.17) is 4.74 Å². The minimum absolute atomic E-state index is 0.0254. The van der Waals surface area contributed by atoms with E-state index >= 15 is 0 Å². The van der Waals surface area contributed by atoms with E-state index in [9.17, 15) is 24.8 Å². The fourth-order valence-electron chi connectivity index (χ4n) is 4.10. The molecule has 0 saturated heterocycles. The highest BCUT2D eigenvalue weighted by atomic mass is 16.6. The van der Waals surface area contributed by atoms with Crippen molar-refractivity contribution in [2.45, 2.75) is 37.9 Å². The van der Waals surface area contributed by atoms with Crippen molar-refractivity contribution in [1.29, 1.82) is 0 Å². The van der Waals surface area contributed by atoms with Crippen LogP contribution in [0.3, 0.4) is 0 Å². The van der Waals surface area contributed by atoms with Crippen LogP contribution < -0.4 is 5.32 Å². The van der Waals surface area contributed by atoms with Crippen molar-refractivity contribution in [1.82, 2.24) is 0 Å². The number of non-ortho nitro benzene ring substituents is 1. The molecule has 2 N–H and O–H groups in total. The van der Waals surface area contributed by atoms with E-state index in [0.717, 1.165) is 5.56 Å². The summed E-state index contributed by atoms with van der Waals surface area (Å²) in [5.74, 6) is 4.35.